The highest BCUT2D eigenvalue weighted by Gasteiger charge is 2.39. The van der Waals surface area contributed by atoms with Crippen molar-refractivity contribution in [2.75, 3.05) is 5.32 Å². The summed E-state index contributed by atoms with van der Waals surface area (Å²) < 4.78 is 0. The summed E-state index contributed by atoms with van der Waals surface area (Å²) in [5, 5.41) is 7.62. The Balaban J connectivity index is 1.81. The number of anilines is 1. The molecule has 1 fully saturated rings. The number of aliphatic imine (C=N–C) groups is 1. The third-order valence-electron chi connectivity index (χ3n) is 3.83. The number of carbonyl (C=O) groups is 2. The molecule has 0 unspecified atom stereocenters. The summed E-state index contributed by atoms with van der Waals surface area (Å²) in [6, 6.07) is 4.59. The second-order valence-electron chi connectivity index (χ2n) is 5.99. The highest BCUT2D eigenvalue weighted by Crippen LogP contribution is 2.22. The fourth-order valence-electron chi connectivity index (χ4n) is 2.44. The number of fused-ring (bicyclic) bond motifs is 1. The predicted molar refractivity (Wildman–Crippen MR) is 92.2 cm³/mol. The molecule has 0 radical (unpaired) electrons. The first-order valence-corrected chi connectivity index (χ1v) is 7.92. The maximum atomic E-state index is 12.6. The zero-order chi connectivity index (χ0) is 17.4. The normalized spacial score (nSPS) is 19.2. The van der Waals surface area contributed by atoms with Gasteiger partial charge in [0.25, 0.3) is 0 Å². The van der Waals surface area contributed by atoms with Crippen LogP contribution in [-0.2, 0) is 9.59 Å². The minimum Gasteiger partial charge on any atom is -0.324 e. The van der Waals surface area contributed by atoms with Crippen molar-refractivity contribution in [3.63, 3.8) is 0 Å². The fourth-order valence-corrected chi connectivity index (χ4v) is 2.62. The van der Waals surface area contributed by atoms with Gasteiger partial charge in [0.15, 0.2) is 0 Å². The first kappa shape index (κ1) is 16.3. The summed E-state index contributed by atoms with van der Waals surface area (Å²) in [4.78, 5) is 28.8. The lowest BCUT2D eigenvalue weighted by Gasteiger charge is -2.32. The van der Waals surface area contributed by atoms with Gasteiger partial charge in [-0.15, -0.1) is 0 Å². The minimum absolute atomic E-state index is 0.0352. The van der Waals surface area contributed by atoms with Gasteiger partial charge in [-0.25, -0.2) is 5.01 Å². The van der Waals surface area contributed by atoms with Gasteiger partial charge in [0.05, 0.1) is 6.42 Å². The van der Waals surface area contributed by atoms with E-state index in [9.17, 15) is 9.59 Å². The van der Waals surface area contributed by atoms with Gasteiger partial charge in [0, 0.05) is 10.7 Å². The number of amides is 2. The topological polar surface area (TPSA) is 85.8 Å². The van der Waals surface area contributed by atoms with Crippen LogP contribution in [0.1, 0.15) is 25.8 Å². The van der Waals surface area contributed by atoms with E-state index in [1.165, 1.54) is 0 Å². The van der Waals surface area contributed by atoms with Crippen LogP contribution in [-0.4, -0.2) is 28.8 Å². The van der Waals surface area contributed by atoms with Crippen LogP contribution >= 0.6 is 11.6 Å². The van der Waals surface area contributed by atoms with E-state index in [4.69, 9.17) is 11.6 Å². The largest absolute Gasteiger partial charge is 0.324 e. The smallest absolute Gasteiger partial charge is 0.249 e. The van der Waals surface area contributed by atoms with E-state index >= 15 is 0 Å². The molecule has 2 amide bonds. The number of hydrazine groups is 1. The number of rotatable bonds is 2. The first-order chi connectivity index (χ1) is 11.3. The number of carbonyl (C=O) groups excluding carboxylic acids is 2. The van der Waals surface area contributed by atoms with E-state index in [-0.39, 0.29) is 18.2 Å². The van der Waals surface area contributed by atoms with Crippen LogP contribution in [0.3, 0.4) is 0 Å². The molecular weight excluding hydrogens is 330 g/mol. The summed E-state index contributed by atoms with van der Waals surface area (Å²) in [7, 11) is 0. The molecule has 2 aliphatic heterocycles. The Morgan fingerprint density at radius 3 is 2.83 bits per heavy atom. The molecular formula is C16H18ClN5O2. The molecule has 1 aromatic carbocycles. The number of allylic oxidation sites excluding steroid dienone is 1. The summed E-state index contributed by atoms with van der Waals surface area (Å²) in [5.74, 6) is 0.414. The zero-order valence-corrected chi connectivity index (χ0v) is 14.4. The van der Waals surface area contributed by atoms with Crippen LogP contribution in [0.5, 0.6) is 0 Å². The predicted octanol–water partition coefficient (Wildman–Crippen LogP) is 1.90. The number of nitrogens with zero attached hydrogens (tertiary/aromatic N) is 2. The second kappa shape index (κ2) is 6.16. The molecule has 0 aromatic heterocycles. The Labute approximate surface area is 144 Å². The number of hydrogen-bond acceptors (Lipinski definition) is 5. The summed E-state index contributed by atoms with van der Waals surface area (Å²) in [5.41, 5.74) is 5.52. The van der Waals surface area contributed by atoms with Gasteiger partial charge >= 0.3 is 0 Å². The van der Waals surface area contributed by atoms with E-state index in [0.717, 1.165) is 11.1 Å². The summed E-state index contributed by atoms with van der Waals surface area (Å²) in [6.45, 7) is 5.68. The van der Waals surface area contributed by atoms with Gasteiger partial charge in [-0.2, -0.15) is 4.99 Å². The SMILES string of the molecule is CC(C)=C1N=C2NC(=O)C[C@H](C(=O)Nc3ccc(C)c(Cl)c3)N2N1. The number of halogens is 1. The molecule has 3 N–H and O–H groups in total. The van der Waals surface area contributed by atoms with E-state index < -0.39 is 6.04 Å². The zero-order valence-electron chi connectivity index (χ0n) is 13.6. The number of benzene rings is 1. The Morgan fingerprint density at radius 1 is 1.42 bits per heavy atom. The molecule has 0 spiro atoms. The Kier molecular flexibility index (Phi) is 4.19. The number of aryl methyl sites for hydroxylation is 1. The highest BCUT2D eigenvalue weighted by molar-refractivity contribution is 6.31. The molecule has 2 aliphatic rings. The monoisotopic (exact) mass is 347 g/mol. The minimum atomic E-state index is -0.700. The van der Waals surface area contributed by atoms with Crippen LogP contribution < -0.4 is 16.1 Å². The fraction of sp³-hybridized carbons (Fsp3) is 0.312. The van der Waals surface area contributed by atoms with Crippen molar-refractivity contribution < 1.29 is 9.59 Å². The molecule has 0 bridgehead atoms. The van der Waals surface area contributed by atoms with Crippen LogP contribution in [0.25, 0.3) is 0 Å². The van der Waals surface area contributed by atoms with Crippen molar-refractivity contribution in [3.8, 4) is 0 Å². The van der Waals surface area contributed by atoms with E-state index in [2.05, 4.69) is 21.1 Å². The number of hydrogen-bond donors (Lipinski definition) is 3. The van der Waals surface area contributed by atoms with Crippen molar-refractivity contribution in [1.29, 1.82) is 0 Å². The van der Waals surface area contributed by atoms with Crippen LogP contribution in [0.4, 0.5) is 5.69 Å². The molecule has 126 valence electrons. The van der Waals surface area contributed by atoms with Crippen LogP contribution in [0.2, 0.25) is 5.02 Å². The molecule has 1 aromatic rings. The Hall–Kier alpha value is -2.54. The number of nitrogens with one attached hydrogen (secondary N) is 3. The van der Waals surface area contributed by atoms with Gasteiger partial charge in [-0.3, -0.25) is 20.3 Å². The molecule has 24 heavy (non-hydrogen) atoms. The van der Waals surface area contributed by atoms with E-state index in [1.54, 1.807) is 17.1 Å². The molecule has 0 aliphatic carbocycles. The Morgan fingerprint density at radius 2 is 2.17 bits per heavy atom. The van der Waals surface area contributed by atoms with Gasteiger partial charge in [-0.05, 0) is 44.0 Å². The lowest BCUT2D eigenvalue weighted by molar-refractivity contribution is -0.129. The second-order valence-corrected chi connectivity index (χ2v) is 6.39. The molecule has 0 saturated carbocycles. The third kappa shape index (κ3) is 3.07. The average molecular weight is 348 g/mol. The van der Waals surface area contributed by atoms with Crippen molar-refractivity contribution in [2.45, 2.75) is 33.2 Å². The summed E-state index contributed by atoms with van der Waals surface area (Å²) >= 11 is 6.09. The van der Waals surface area contributed by atoms with Gasteiger partial charge < -0.3 is 5.32 Å². The third-order valence-corrected chi connectivity index (χ3v) is 4.24. The summed E-state index contributed by atoms with van der Waals surface area (Å²) in [6.07, 6.45) is 0.0352. The molecule has 1 saturated heterocycles. The molecule has 1 atom stereocenters. The van der Waals surface area contributed by atoms with Crippen molar-refractivity contribution in [2.24, 2.45) is 4.99 Å². The van der Waals surface area contributed by atoms with Gasteiger partial charge in [-0.1, -0.05) is 17.7 Å². The van der Waals surface area contributed by atoms with Crippen LogP contribution in [0, 0.1) is 6.92 Å². The molecule has 3 rings (SSSR count). The maximum absolute atomic E-state index is 12.6. The molecule has 2 heterocycles. The van der Waals surface area contributed by atoms with Crippen LogP contribution in [0.15, 0.2) is 34.6 Å². The molecule has 7 nitrogen and oxygen atoms in total. The average Bonchev–Trinajstić information content (AvgIpc) is 2.94. The van der Waals surface area contributed by atoms with Crippen molar-refractivity contribution in [3.05, 3.63) is 40.2 Å². The Bertz CT molecular complexity index is 783. The van der Waals surface area contributed by atoms with E-state index in [0.29, 0.717) is 22.5 Å². The molecule has 8 heteroatoms. The highest BCUT2D eigenvalue weighted by atomic mass is 35.5. The number of guanidine groups is 1. The maximum Gasteiger partial charge on any atom is 0.249 e. The van der Waals surface area contributed by atoms with E-state index in [1.807, 2.05) is 26.8 Å². The van der Waals surface area contributed by atoms with Gasteiger partial charge in [0.2, 0.25) is 17.8 Å². The quantitative estimate of drug-likeness (QED) is 0.762. The first-order valence-electron chi connectivity index (χ1n) is 7.54. The van der Waals surface area contributed by atoms with Crippen molar-refractivity contribution >= 4 is 35.1 Å². The van der Waals surface area contributed by atoms with Gasteiger partial charge in [0.1, 0.15) is 11.9 Å². The lowest BCUT2D eigenvalue weighted by atomic mass is 10.1. The lowest BCUT2D eigenvalue weighted by Crippen LogP contribution is -2.61. The van der Waals surface area contributed by atoms with Crippen molar-refractivity contribution in [1.82, 2.24) is 15.8 Å². The standard InChI is InChI=1S/C16H18ClN5O2/c1-8(2)14-20-16-19-13(23)7-12(22(16)21-14)15(24)18-10-5-4-9(3)11(17)6-10/h4-6,12,21H,7H2,1-3H3,(H,18,24)(H,19,20,23)/t12-/m1/s1.